The fraction of sp³-hybridized carbons (Fsp3) is 0.385. The monoisotopic (exact) mass is 437 g/mol. The molecule has 0 bridgehead atoms. The highest BCUT2D eigenvalue weighted by molar-refractivity contribution is 6.46. The third kappa shape index (κ3) is 4.27. The van der Waals surface area contributed by atoms with Crippen molar-refractivity contribution in [1.82, 2.24) is 4.90 Å². The van der Waals surface area contributed by atoms with Crippen molar-refractivity contribution in [2.24, 2.45) is 0 Å². The van der Waals surface area contributed by atoms with Crippen LogP contribution < -0.4 is 4.74 Å². The number of hydrogen-bond acceptors (Lipinski definition) is 4. The lowest BCUT2D eigenvalue weighted by atomic mass is 9.91. The van der Waals surface area contributed by atoms with Crippen molar-refractivity contribution in [3.05, 3.63) is 71.0 Å². The van der Waals surface area contributed by atoms with Gasteiger partial charge in [-0.05, 0) is 49.1 Å². The maximum absolute atomic E-state index is 13.6. The van der Waals surface area contributed by atoms with Gasteiger partial charge in [-0.2, -0.15) is 0 Å². The molecule has 32 heavy (non-hydrogen) atoms. The van der Waals surface area contributed by atoms with Crippen LogP contribution in [0.3, 0.4) is 0 Å². The van der Waals surface area contributed by atoms with Crippen LogP contribution in [0.25, 0.3) is 5.76 Å². The van der Waals surface area contributed by atoms with E-state index in [0.29, 0.717) is 23.5 Å². The Morgan fingerprint density at radius 3 is 2.50 bits per heavy atom. The van der Waals surface area contributed by atoms with Crippen molar-refractivity contribution in [3.8, 4) is 5.75 Å². The smallest absolute Gasteiger partial charge is 0.295 e. The lowest BCUT2D eigenvalue weighted by molar-refractivity contribution is -0.141. The minimum absolute atomic E-state index is 0.0415. The van der Waals surface area contributed by atoms with Gasteiger partial charge in [-0.1, -0.05) is 50.5 Å². The summed E-state index contributed by atoms with van der Waals surface area (Å²) in [4.78, 5) is 27.9. The number of halogens is 1. The summed E-state index contributed by atoms with van der Waals surface area (Å²) in [6, 6.07) is 11.8. The van der Waals surface area contributed by atoms with Crippen molar-refractivity contribution in [1.29, 1.82) is 0 Å². The number of ether oxygens (including phenoxy) is 1. The van der Waals surface area contributed by atoms with Crippen LogP contribution in [0.2, 0.25) is 0 Å². The van der Waals surface area contributed by atoms with E-state index in [-0.39, 0.29) is 17.4 Å². The lowest BCUT2D eigenvalue weighted by Crippen LogP contribution is -2.40. The van der Waals surface area contributed by atoms with Crippen LogP contribution in [0.4, 0.5) is 4.39 Å². The van der Waals surface area contributed by atoms with Crippen molar-refractivity contribution in [2.45, 2.75) is 57.5 Å². The normalized spacial score (nSPS) is 21.2. The number of rotatable bonds is 6. The Morgan fingerprint density at radius 1 is 1.09 bits per heavy atom. The molecule has 1 unspecified atom stereocenters. The number of hydrogen-bond donors (Lipinski definition) is 1. The maximum atomic E-state index is 13.6. The largest absolute Gasteiger partial charge is 0.507 e. The number of amides is 1. The summed E-state index contributed by atoms with van der Waals surface area (Å²) in [6.45, 7) is 2.53. The second-order valence-electron chi connectivity index (χ2n) is 8.43. The minimum atomic E-state index is -0.751. The van der Waals surface area contributed by atoms with Crippen LogP contribution in [0, 0.1) is 5.82 Å². The molecule has 1 aliphatic heterocycles. The standard InChI is InChI=1S/C26H28FNO4/c1-2-15-32-21-10-6-7-18(16-21)24(29)22-23(17-11-13-19(27)14-12-17)28(26(31)25(22)30)20-8-4-3-5-9-20/h6-7,10-14,16,20,23,29H,2-5,8-9,15H2,1H3/b24-22-. The zero-order valence-electron chi connectivity index (χ0n) is 18.2. The second-order valence-corrected chi connectivity index (χ2v) is 8.43. The summed E-state index contributed by atoms with van der Waals surface area (Å²) in [7, 11) is 0. The van der Waals surface area contributed by atoms with E-state index in [9.17, 15) is 19.1 Å². The summed E-state index contributed by atoms with van der Waals surface area (Å²) in [6.07, 6.45) is 5.54. The molecule has 1 amide bonds. The summed E-state index contributed by atoms with van der Waals surface area (Å²) in [5, 5.41) is 11.2. The van der Waals surface area contributed by atoms with Gasteiger partial charge in [0, 0.05) is 11.6 Å². The van der Waals surface area contributed by atoms with Crippen molar-refractivity contribution in [2.75, 3.05) is 6.61 Å². The molecule has 1 atom stereocenters. The molecule has 1 saturated carbocycles. The van der Waals surface area contributed by atoms with Gasteiger partial charge in [0.05, 0.1) is 18.2 Å². The first kappa shape index (κ1) is 22.1. The van der Waals surface area contributed by atoms with Crippen LogP contribution >= 0.6 is 0 Å². The Bertz CT molecular complexity index is 1020. The molecule has 2 fully saturated rings. The van der Waals surface area contributed by atoms with Crippen LogP contribution in [0.1, 0.15) is 62.6 Å². The van der Waals surface area contributed by atoms with Crippen LogP contribution in [-0.4, -0.2) is 34.3 Å². The number of aliphatic hydroxyl groups is 1. The Balaban J connectivity index is 1.81. The van der Waals surface area contributed by atoms with Crippen LogP contribution in [0.5, 0.6) is 5.75 Å². The first-order valence-corrected chi connectivity index (χ1v) is 11.3. The van der Waals surface area contributed by atoms with E-state index in [1.165, 1.54) is 12.1 Å². The molecule has 1 N–H and O–H groups in total. The van der Waals surface area contributed by atoms with E-state index in [1.54, 1.807) is 41.3 Å². The average molecular weight is 438 g/mol. The van der Waals surface area contributed by atoms with Crippen LogP contribution in [-0.2, 0) is 9.59 Å². The molecule has 1 aliphatic carbocycles. The summed E-state index contributed by atoms with van der Waals surface area (Å²) < 4.78 is 19.3. The number of likely N-dealkylation sites (tertiary alicyclic amines) is 1. The van der Waals surface area contributed by atoms with Gasteiger partial charge >= 0.3 is 0 Å². The number of aliphatic hydroxyl groups excluding tert-OH is 1. The lowest BCUT2D eigenvalue weighted by Gasteiger charge is -2.35. The fourth-order valence-electron chi connectivity index (χ4n) is 4.67. The molecule has 2 aliphatic rings. The number of nitrogens with zero attached hydrogens (tertiary/aromatic N) is 1. The van der Waals surface area contributed by atoms with Gasteiger partial charge in [-0.3, -0.25) is 9.59 Å². The van der Waals surface area contributed by atoms with Crippen LogP contribution in [0.15, 0.2) is 54.1 Å². The number of carbonyl (C=O) groups excluding carboxylic acids is 2. The predicted octanol–water partition coefficient (Wildman–Crippen LogP) is 5.37. The molecule has 5 nitrogen and oxygen atoms in total. The average Bonchev–Trinajstić information content (AvgIpc) is 3.09. The van der Waals surface area contributed by atoms with Gasteiger partial charge in [0.25, 0.3) is 11.7 Å². The zero-order valence-corrected chi connectivity index (χ0v) is 18.2. The Hall–Kier alpha value is -3.15. The molecular weight excluding hydrogens is 409 g/mol. The molecule has 1 heterocycles. The molecule has 2 aromatic rings. The van der Waals surface area contributed by atoms with Crippen molar-refractivity contribution >= 4 is 17.4 Å². The van der Waals surface area contributed by atoms with Crippen molar-refractivity contribution in [3.63, 3.8) is 0 Å². The molecule has 0 aromatic heterocycles. The van der Waals surface area contributed by atoms with E-state index in [0.717, 1.165) is 38.5 Å². The minimum Gasteiger partial charge on any atom is -0.507 e. The van der Waals surface area contributed by atoms with Gasteiger partial charge in [-0.25, -0.2) is 4.39 Å². The molecule has 2 aromatic carbocycles. The van der Waals surface area contributed by atoms with Crippen molar-refractivity contribution < 1.29 is 23.8 Å². The molecule has 0 radical (unpaired) electrons. The highest BCUT2D eigenvalue weighted by Crippen LogP contribution is 2.43. The summed E-state index contributed by atoms with van der Waals surface area (Å²) in [5.41, 5.74) is 1.06. The van der Waals surface area contributed by atoms with E-state index < -0.39 is 23.5 Å². The predicted molar refractivity (Wildman–Crippen MR) is 120 cm³/mol. The molecular formula is C26H28FNO4. The Labute approximate surface area is 187 Å². The SMILES string of the molecule is CCCOc1cccc(/C(O)=C2/C(=O)C(=O)N(C3CCCCC3)C2c2ccc(F)cc2)c1. The quantitative estimate of drug-likeness (QED) is 0.375. The van der Waals surface area contributed by atoms with Gasteiger partial charge < -0.3 is 14.7 Å². The highest BCUT2D eigenvalue weighted by Gasteiger charge is 2.48. The highest BCUT2D eigenvalue weighted by atomic mass is 19.1. The zero-order chi connectivity index (χ0) is 22.7. The maximum Gasteiger partial charge on any atom is 0.295 e. The van der Waals surface area contributed by atoms with Gasteiger partial charge in [0.1, 0.15) is 17.3 Å². The second kappa shape index (κ2) is 9.55. The molecule has 168 valence electrons. The topological polar surface area (TPSA) is 66.8 Å². The van der Waals surface area contributed by atoms with Gasteiger partial charge in [-0.15, -0.1) is 0 Å². The first-order valence-electron chi connectivity index (χ1n) is 11.3. The third-order valence-corrected chi connectivity index (χ3v) is 6.21. The number of ketones is 1. The van der Waals surface area contributed by atoms with E-state index in [2.05, 4.69) is 0 Å². The first-order chi connectivity index (χ1) is 15.5. The number of carbonyl (C=O) groups is 2. The number of benzene rings is 2. The Morgan fingerprint density at radius 2 is 1.81 bits per heavy atom. The summed E-state index contributed by atoms with van der Waals surface area (Å²) >= 11 is 0. The number of Topliss-reactive ketones (excluding diaryl/α,β-unsaturated/α-hetero) is 1. The van der Waals surface area contributed by atoms with E-state index >= 15 is 0 Å². The van der Waals surface area contributed by atoms with Gasteiger partial charge in [0.15, 0.2) is 0 Å². The third-order valence-electron chi connectivity index (χ3n) is 6.21. The van der Waals surface area contributed by atoms with Gasteiger partial charge in [0.2, 0.25) is 0 Å². The molecule has 4 rings (SSSR count). The molecule has 0 spiro atoms. The Kier molecular flexibility index (Phi) is 6.58. The van der Waals surface area contributed by atoms with E-state index in [1.807, 2.05) is 6.92 Å². The fourth-order valence-corrected chi connectivity index (χ4v) is 4.67. The molecule has 1 saturated heterocycles. The summed E-state index contributed by atoms with van der Waals surface area (Å²) in [5.74, 6) is -1.37. The van der Waals surface area contributed by atoms with E-state index in [4.69, 9.17) is 4.74 Å². The molecule has 6 heteroatoms.